The summed E-state index contributed by atoms with van der Waals surface area (Å²) in [7, 11) is -4.96. The Kier molecular flexibility index (Phi) is 9.16. The summed E-state index contributed by atoms with van der Waals surface area (Å²) in [4.78, 5) is 44.0. The third kappa shape index (κ3) is 8.36. The van der Waals surface area contributed by atoms with Gasteiger partial charge in [-0.1, -0.05) is 0 Å². The van der Waals surface area contributed by atoms with Crippen molar-refractivity contribution in [2.24, 2.45) is 0 Å². The van der Waals surface area contributed by atoms with Gasteiger partial charge in [-0.2, -0.15) is 0 Å². The molecule has 1 aromatic carbocycles. The topological polar surface area (TPSA) is 150 Å². The molecule has 0 atom stereocenters. The van der Waals surface area contributed by atoms with Crippen molar-refractivity contribution in [3.63, 3.8) is 0 Å². The number of carbonyl (C=O) groups excluding carboxylic acids is 4. The van der Waals surface area contributed by atoms with E-state index < -0.39 is 51.2 Å². The average molecular weight is 378 g/mol. The average Bonchev–Trinajstić information content (AvgIpc) is 2.37. The number of nitrogens with one attached hydrogen (secondary N) is 2. The number of hydrogen-bond acceptors (Lipinski definition) is 7. The molecule has 0 heterocycles. The molecule has 2 amide bonds. The molecule has 9 nitrogen and oxygen atoms in total. The van der Waals surface area contributed by atoms with Crippen molar-refractivity contribution in [1.29, 1.82) is 0 Å². The fourth-order valence-electron chi connectivity index (χ4n) is 1.76. The minimum Gasteiger partial charge on any atom is -0.744 e. The Morgan fingerprint density at radius 3 is 1.88 bits per heavy atom. The summed E-state index contributed by atoms with van der Waals surface area (Å²) < 4.78 is 34.0. The van der Waals surface area contributed by atoms with Gasteiger partial charge in [0.2, 0.25) is 11.8 Å². The number of anilines is 2. The number of benzene rings is 1. The van der Waals surface area contributed by atoms with E-state index in [9.17, 15) is 32.1 Å². The summed E-state index contributed by atoms with van der Waals surface area (Å²) in [6.45, 7) is 2.39. The van der Waals surface area contributed by atoms with Gasteiger partial charge in [-0.3, -0.25) is 19.2 Å². The summed E-state index contributed by atoms with van der Waals surface area (Å²) in [5.41, 5.74) is -0.332. The van der Waals surface area contributed by atoms with Crippen LogP contribution in [0.5, 0.6) is 0 Å². The Morgan fingerprint density at radius 2 is 1.44 bits per heavy atom. The molecule has 11 heteroatoms. The number of rotatable bonds is 7. The maximum atomic E-state index is 11.6. The maximum Gasteiger partial charge on any atom is 1.00 e. The summed E-state index contributed by atoms with van der Waals surface area (Å²) in [6, 6.07) is 3.21. The molecule has 0 unspecified atom stereocenters. The number of carbonyl (C=O) groups is 4. The van der Waals surface area contributed by atoms with Crippen LogP contribution in [-0.2, 0) is 29.3 Å². The first kappa shape index (κ1) is 23.4. The second-order valence-corrected chi connectivity index (χ2v) is 6.37. The van der Waals surface area contributed by atoms with E-state index in [0.29, 0.717) is 0 Å². The Balaban J connectivity index is 0.00000576. The van der Waals surface area contributed by atoms with Crippen LogP contribution in [0, 0.1) is 0 Å². The number of amides is 2. The number of Topliss-reactive ketones (excluding diaryl/α,β-unsaturated/α-hetero) is 2. The number of ketones is 2. The van der Waals surface area contributed by atoms with Crippen molar-refractivity contribution in [3.8, 4) is 0 Å². The monoisotopic (exact) mass is 378 g/mol. The third-order valence-electron chi connectivity index (χ3n) is 2.63. The van der Waals surface area contributed by atoms with Gasteiger partial charge in [-0.05, 0) is 32.0 Å². The van der Waals surface area contributed by atoms with E-state index in [0.717, 1.165) is 12.1 Å². The van der Waals surface area contributed by atoms with Crippen molar-refractivity contribution < 1.29 is 61.7 Å². The normalized spacial score (nSPS) is 10.4. The SMILES string of the molecule is CC(=O)CC(=O)Nc1ccc(NC(=O)CC(C)=O)c(S(=O)(=O)[O-])c1.[Na+]. The Hall–Kier alpha value is -1.59. The Bertz CT molecular complexity index is 805. The fourth-order valence-corrected chi connectivity index (χ4v) is 2.42. The van der Waals surface area contributed by atoms with Gasteiger partial charge in [0.1, 0.15) is 21.7 Å². The summed E-state index contributed by atoms with van der Waals surface area (Å²) >= 11 is 0. The molecule has 25 heavy (non-hydrogen) atoms. The van der Waals surface area contributed by atoms with Crippen LogP contribution in [0.3, 0.4) is 0 Å². The van der Waals surface area contributed by atoms with E-state index in [2.05, 4.69) is 10.6 Å². The van der Waals surface area contributed by atoms with Gasteiger partial charge in [0.15, 0.2) is 0 Å². The van der Waals surface area contributed by atoms with Crippen molar-refractivity contribution in [1.82, 2.24) is 0 Å². The second-order valence-electron chi connectivity index (χ2n) is 5.02. The molecule has 0 bridgehead atoms. The Morgan fingerprint density at radius 1 is 0.960 bits per heavy atom. The van der Waals surface area contributed by atoms with Crippen LogP contribution in [0.2, 0.25) is 0 Å². The summed E-state index contributed by atoms with van der Waals surface area (Å²) in [6.07, 6.45) is -0.883. The zero-order valence-electron chi connectivity index (χ0n) is 13.9. The molecule has 1 rings (SSSR count). The van der Waals surface area contributed by atoms with Crippen LogP contribution in [0.4, 0.5) is 11.4 Å². The smallest absolute Gasteiger partial charge is 0.744 e. The number of hydrogen-bond donors (Lipinski definition) is 2. The first-order valence-corrected chi connectivity index (χ1v) is 8.08. The molecule has 0 saturated carbocycles. The van der Waals surface area contributed by atoms with Crippen molar-refractivity contribution >= 4 is 44.9 Å². The van der Waals surface area contributed by atoms with Crippen LogP contribution in [0.1, 0.15) is 26.7 Å². The molecule has 0 aromatic heterocycles. The van der Waals surface area contributed by atoms with Gasteiger partial charge in [0.25, 0.3) is 0 Å². The first-order chi connectivity index (χ1) is 11.0. The van der Waals surface area contributed by atoms with Crippen molar-refractivity contribution in [3.05, 3.63) is 18.2 Å². The molecular weight excluding hydrogens is 363 g/mol. The van der Waals surface area contributed by atoms with Gasteiger partial charge < -0.3 is 15.2 Å². The van der Waals surface area contributed by atoms with Gasteiger partial charge in [0, 0.05) is 5.69 Å². The van der Waals surface area contributed by atoms with Gasteiger partial charge in [0.05, 0.1) is 23.4 Å². The second kappa shape index (κ2) is 9.78. The molecule has 0 radical (unpaired) electrons. The molecule has 0 aliphatic heterocycles. The van der Waals surface area contributed by atoms with Crippen LogP contribution in [0.25, 0.3) is 0 Å². The zero-order chi connectivity index (χ0) is 18.5. The zero-order valence-corrected chi connectivity index (χ0v) is 16.7. The molecular formula is C14H15N2NaO7S. The van der Waals surface area contributed by atoms with E-state index in [-0.39, 0.29) is 40.9 Å². The van der Waals surface area contributed by atoms with Crippen LogP contribution in [-0.4, -0.2) is 36.4 Å². The van der Waals surface area contributed by atoms with E-state index in [1.54, 1.807) is 0 Å². The van der Waals surface area contributed by atoms with Gasteiger partial charge in [-0.25, -0.2) is 8.42 Å². The third-order valence-corrected chi connectivity index (χ3v) is 3.50. The minimum absolute atomic E-state index is 0. The first-order valence-electron chi connectivity index (χ1n) is 6.67. The molecule has 0 aliphatic rings. The van der Waals surface area contributed by atoms with Crippen molar-refractivity contribution in [2.45, 2.75) is 31.6 Å². The predicted octanol–water partition coefficient (Wildman–Crippen LogP) is -2.57. The molecule has 0 aliphatic carbocycles. The summed E-state index contributed by atoms with van der Waals surface area (Å²) in [5.74, 6) is -2.28. The predicted molar refractivity (Wildman–Crippen MR) is 82.3 cm³/mol. The van der Waals surface area contributed by atoms with E-state index in [1.807, 2.05) is 0 Å². The quantitative estimate of drug-likeness (QED) is 0.301. The molecule has 130 valence electrons. The molecule has 0 saturated heterocycles. The minimum atomic E-state index is -4.96. The van der Waals surface area contributed by atoms with E-state index >= 15 is 0 Å². The van der Waals surface area contributed by atoms with Gasteiger partial charge >= 0.3 is 29.6 Å². The standard InChI is InChI=1S/C14H16N2O7S.Na/c1-8(17)5-13(19)15-10-3-4-11(12(7-10)24(21,22)23)16-14(20)6-9(2)18;/h3-4,7H,5-6H2,1-2H3,(H,15,19)(H,16,20)(H,21,22,23);/q;+1/p-1. The van der Waals surface area contributed by atoms with Gasteiger partial charge in [-0.15, -0.1) is 0 Å². The Labute approximate surface area is 166 Å². The largest absolute Gasteiger partial charge is 1.00 e. The van der Waals surface area contributed by atoms with Crippen molar-refractivity contribution in [2.75, 3.05) is 10.6 Å². The van der Waals surface area contributed by atoms with Crippen LogP contribution < -0.4 is 40.2 Å². The molecule has 0 fully saturated rings. The van der Waals surface area contributed by atoms with E-state index in [4.69, 9.17) is 0 Å². The van der Waals surface area contributed by atoms with Crippen LogP contribution in [0.15, 0.2) is 23.1 Å². The molecule has 1 aromatic rings. The molecule has 0 spiro atoms. The fraction of sp³-hybridized carbons (Fsp3) is 0.286. The van der Waals surface area contributed by atoms with E-state index in [1.165, 1.54) is 19.9 Å². The summed E-state index contributed by atoms with van der Waals surface area (Å²) in [5, 5.41) is 4.42. The molecule has 2 N–H and O–H groups in total. The maximum absolute atomic E-state index is 11.6. The van der Waals surface area contributed by atoms with Crippen LogP contribution >= 0.6 is 0 Å².